The van der Waals surface area contributed by atoms with Crippen LogP contribution >= 0.6 is 0 Å². The maximum atomic E-state index is 10.8. The molecule has 0 N–H and O–H groups in total. The van der Waals surface area contributed by atoms with E-state index in [-0.39, 0.29) is 6.10 Å². The first-order valence-electron chi connectivity index (χ1n) is 5.32. The minimum Gasteiger partial charge on any atom is -0.489 e. The minimum absolute atomic E-state index is 0.109. The molecule has 1 aliphatic rings. The Bertz CT molecular complexity index is 399. The summed E-state index contributed by atoms with van der Waals surface area (Å²) >= 11 is 0. The van der Waals surface area contributed by atoms with E-state index in [2.05, 4.69) is 26.8 Å². The molecule has 2 heteroatoms. The molecule has 1 saturated carbocycles. The molecule has 1 aliphatic carbocycles. The Morgan fingerprint density at radius 2 is 1.87 bits per heavy atom. The highest BCUT2D eigenvalue weighted by molar-refractivity contribution is 5.85. The van der Waals surface area contributed by atoms with Gasteiger partial charge in [-0.25, -0.2) is 0 Å². The molecule has 2 rings (SSSR count). The van der Waals surface area contributed by atoms with Crippen LogP contribution in [0.1, 0.15) is 29.5 Å². The van der Waals surface area contributed by atoms with E-state index in [1.807, 2.05) is 6.07 Å². The van der Waals surface area contributed by atoms with Crippen molar-refractivity contribution in [3.8, 4) is 5.75 Å². The zero-order valence-electron chi connectivity index (χ0n) is 9.46. The highest BCUT2D eigenvalue weighted by atomic mass is 16.5. The van der Waals surface area contributed by atoms with Crippen molar-refractivity contribution in [1.82, 2.24) is 0 Å². The quantitative estimate of drug-likeness (QED) is 0.740. The van der Waals surface area contributed by atoms with Gasteiger partial charge in [-0.3, -0.25) is 4.79 Å². The number of carbonyl (C=O) groups is 1. The Morgan fingerprint density at radius 1 is 1.20 bits per heavy atom. The van der Waals surface area contributed by atoms with Gasteiger partial charge in [-0.2, -0.15) is 0 Å². The van der Waals surface area contributed by atoms with Crippen molar-refractivity contribution < 1.29 is 9.53 Å². The second-order valence-electron chi connectivity index (χ2n) is 4.39. The molecule has 0 unspecified atom stereocenters. The van der Waals surface area contributed by atoms with E-state index in [1.54, 1.807) is 0 Å². The van der Waals surface area contributed by atoms with Crippen molar-refractivity contribution >= 4 is 5.78 Å². The van der Waals surface area contributed by atoms with Gasteiger partial charge in [0.1, 0.15) is 17.6 Å². The zero-order valence-corrected chi connectivity index (χ0v) is 9.46. The topological polar surface area (TPSA) is 26.3 Å². The fourth-order valence-corrected chi connectivity index (χ4v) is 1.83. The number of benzene rings is 1. The van der Waals surface area contributed by atoms with E-state index in [4.69, 9.17) is 4.74 Å². The fourth-order valence-electron chi connectivity index (χ4n) is 1.83. The lowest BCUT2D eigenvalue weighted by Gasteiger charge is -2.26. The Hall–Kier alpha value is -1.31. The van der Waals surface area contributed by atoms with E-state index < -0.39 is 0 Å². The van der Waals surface area contributed by atoms with Crippen molar-refractivity contribution in [3.63, 3.8) is 0 Å². The van der Waals surface area contributed by atoms with Gasteiger partial charge in [-0.05, 0) is 43.5 Å². The highest BCUT2D eigenvalue weighted by Crippen LogP contribution is 2.28. The van der Waals surface area contributed by atoms with Gasteiger partial charge in [0, 0.05) is 12.8 Å². The number of hydrogen-bond acceptors (Lipinski definition) is 2. The number of Topliss-reactive ketones (excluding diaryl/α,β-unsaturated/α-hetero) is 1. The number of ketones is 1. The summed E-state index contributed by atoms with van der Waals surface area (Å²) in [5.41, 5.74) is 3.63. The van der Waals surface area contributed by atoms with Crippen LogP contribution in [-0.4, -0.2) is 11.9 Å². The molecule has 0 radical (unpaired) electrons. The van der Waals surface area contributed by atoms with Gasteiger partial charge in [0.2, 0.25) is 0 Å². The lowest BCUT2D eigenvalue weighted by atomic mass is 9.94. The highest BCUT2D eigenvalue weighted by Gasteiger charge is 2.28. The zero-order chi connectivity index (χ0) is 11.0. The van der Waals surface area contributed by atoms with Crippen LogP contribution in [0.4, 0.5) is 0 Å². The number of ether oxygens (including phenoxy) is 1. The molecule has 0 saturated heterocycles. The molecule has 0 aliphatic heterocycles. The van der Waals surface area contributed by atoms with Crippen LogP contribution in [-0.2, 0) is 4.79 Å². The number of rotatable bonds is 2. The van der Waals surface area contributed by atoms with Gasteiger partial charge >= 0.3 is 0 Å². The van der Waals surface area contributed by atoms with Crippen LogP contribution in [0.15, 0.2) is 12.1 Å². The van der Waals surface area contributed by atoms with Crippen molar-refractivity contribution in [3.05, 3.63) is 28.8 Å². The predicted molar refractivity (Wildman–Crippen MR) is 59.3 cm³/mol. The second-order valence-corrected chi connectivity index (χ2v) is 4.39. The normalized spacial score (nSPS) is 16.3. The summed E-state index contributed by atoms with van der Waals surface area (Å²) in [6.07, 6.45) is 1.26. The molecular weight excluding hydrogens is 188 g/mol. The van der Waals surface area contributed by atoms with Gasteiger partial charge in [-0.1, -0.05) is 6.07 Å². The number of aryl methyl sites for hydroxylation is 2. The molecule has 0 bridgehead atoms. The van der Waals surface area contributed by atoms with E-state index in [9.17, 15) is 4.79 Å². The molecule has 0 spiro atoms. The van der Waals surface area contributed by atoms with Crippen molar-refractivity contribution in [2.45, 2.75) is 39.7 Å². The maximum absolute atomic E-state index is 10.8. The average Bonchev–Trinajstić information content (AvgIpc) is 2.10. The standard InChI is InChI=1S/C13H16O2/c1-8-4-9(2)10(3)13(5-8)15-12-6-11(14)7-12/h4-5,12H,6-7H2,1-3H3. The summed E-state index contributed by atoms with van der Waals surface area (Å²) in [6.45, 7) is 6.21. The largest absolute Gasteiger partial charge is 0.489 e. The van der Waals surface area contributed by atoms with E-state index in [0.29, 0.717) is 18.6 Å². The third-order valence-electron chi connectivity index (χ3n) is 2.97. The van der Waals surface area contributed by atoms with E-state index in [1.165, 1.54) is 16.7 Å². The summed E-state index contributed by atoms with van der Waals surface area (Å²) in [7, 11) is 0. The van der Waals surface area contributed by atoms with Crippen LogP contribution in [0, 0.1) is 20.8 Å². The Kier molecular flexibility index (Phi) is 2.51. The van der Waals surface area contributed by atoms with E-state index >= 15 is 0 Å². The number of hydrogen-bond donors (Lipinski definition) is 0. The molecule has 2 nitrogen and oxygen atoms in total. The molecule has 0 amide bonds. The first-order chi connectivity index (χ1) is 7.06. The van der Waals surface area contributed by atoms with Crippen LogP contribution in [0.2, 0.25) is 0 Å². The lowest BCUT2D eigenvalue weighted by molar-refractivity contribution is -0.129. The van der Waals surface area contributed by atoms with Crippen LogP contribution < -0.4 is 4.74 Å². The van der Waals surface area contributed by atoms with Gasteiger partial charge in [0.15, 0.2) is 0 Å². The summed E-state index contributed by atoms with van der Waals surface area (Å²) in [5, 5.41) is 0. The lowest BCUT2D eigenvalue weighted by Crippen LogP contribution is -2.34. The van der Waals surface area contributed by atoms with Gasteiger partial charge in [-0.15, -0.1) is 0 Å². The molecule has 1 aromatic carbocycles. The third-order valence-corrected chi connectivity index (χ3v) is 2.97. The van der Waals surface area contributed by atoms with E-state index in [0.717, 1.165) is 5.75 Å². The minimum atomic E-state index is 0.109. The summed E-state index contributed by atoms with van der Waals surface area (Å²) in [6, 6.07) is 4.19. The summed E-state index contributed by atoms with van der Waals surface area (Å²) in [5.74, 6) is 1.24. The first-order valence-corrected chi connectivity index (χ1v) is 5.32. The SMILES string of the molecule is Cc1cc(C)c(C)c(OC2CC(=O)C2)c1. The molecule has 80 valence electrons. The molecule has 0 atom stereocenters. The fraction of sp³-hybridized carbons (Fsp3) is 0.462. The Morgan fingerprint density at radius 3 is 2.47 bits per heavy atom. The molecular formula is C13H16O2. The second kappa shape index (κ2) is 3.69. The monoisotopic (exact) mass is 204 g/mol. The molecule has 0 aromatic heterocycles. The maximum Gasteiger partial charge on any atom is 0.140 e. The Balaban J connectivity index is 2.17. The van der Waals surface area contributed by atoms with Crippen molar-refractivity contribution in [1.29, 1.82) is 0 Å². The molecule has 1 aromatic rings. The van der Waals surface area contributed by atoms with Gasteiger partial charge in [0.05, 0.1) is 0 Å². The first kappa shape index (κ1) is 10.2. The van der Waals surface area contributed by atoms with Crippen molar-refractivity contribution in [2.75, 3.05) is 0 Å². The van der Waals surface area contributed by atoms with Gasteiger partial charge < -0.3 is 4.74 Å². The van der Waals surface area contributed by atoms with Crippen molar-refractivity contribution in [2.24, 2.45) is 0 Å². The molecule has 0 heterocycles. The van der Waals surface area contributed by atoms with Gasteiger partial charge in [0.25, 0.3) is 0 Å². The third kappa shape index (κ3) is 2.04. The smallest absolute Gasteiger partial charge is 0.140 e. The average molecular weight is 204 g/mol. The predicted octanol–water partition coefficient (Wildman–Crippen LogP) is 2.72. The number of carbonyl (C=O) groups excluding carboxylic acids is 1. The summed E-state index contributed by atoms with van der Waals surface area (Å²) < 4.78 is 5.79. The molecule has 1 fully saturated rings. The molecule has 15 heavy (non-hydrogen) atoms. The van der Waals surface area contributed by atoms with Crippen LogP contribution in [0.3, 0.4) is 0 Å². The Labute approximate surface area is 90.3 Å². The van der Waals surface area contributed by atoms with Crippen LogP contribution in [0.5, 0.6) is 5.75 Å². The van der Waals surface area contributed by atoms with Crippen LogP contribution in [0.25, 0.3) is 0 Å². The summed E-state index contributed by atoms with van der Waals surface area (Å²) in [4.78, 5) is 10.8.